The molecule has 2 saturated heterocycles. The molecule has 23 heavy (non-hydrogen) atoms. The van der Waals surface area contributed by atoms with Crippen LogP contribution >= 0.6 is 0 Å². The number of nitrogens with zero attached hydrogens (tertiary/aromatic N) is 5. The molecular weight excluding hydrogens is 286 g/mol. The van der Waals surface area contributed by atoms with E-state index in [9.17, 15) is 0 Å². The van der Waals surface area contributed by atoms with E-state index in [0.717, 1.165) is 43.6 Å². The summed E-state index contributed by atoms with van der Waals surface area (Å²) in [6.45, 7) is 11.1. The van der Waals surface area contributed by atoms with Gasteiger partial charge in [0, 0.05) is 37.9 Å². The number of rotatable bonds is 2. The zero-order chi connectivity index (χ0) is 16.0. The SMILES string of the molecule is CC(C)(C)n1ccc2c(N3CCCC3)nc(N3CCCC3)nc21. The van der Waals surface area contributed by atoms with Gasteiger partial charge in [-0.3, -0.25) is 0 Å². The van der Waals surface area contributed by atoms with E-state index in [1.165, 1.54) is 31.1 Å². The normalized spacial score (nSPS) is 19.3. The van der Waals surface area contributed by atoms with Crippen LogP contribution in [0.3, 0.4) is 0 Å². The highest BCUT2D eigenvalue weighted by atomic mass is 15.3. The summed E-state index contributed by atoms with van der Waals surface area (Å²) >= 11 is 0. The Labute approximate surface area is 138 Å². The topological polar surface area (TPSA) is 37.2 Å². The molecule has 2 aliphatic heterocycles. The van der Waals surface area contributed by atoms with Crippen molar-refractivity contribution < 1.29 is 0 Å². The molecule has 2 aromatic heterocycles. The van der Waals surface area contributed by atoms with Crippen molar-refractivity contribution in [3.05, 3.63) is 12.3 Å². The minimum absolute atomic E-state index is 0.0284. The van der Waals surface area contributed by atoms with Crippen LogP contribution in [0.4, 0.5) is 11.8 Å². The molecule has 0 radical (unpaired) electrons. The Morgan fingerprint density at radius 2 is 1.48 bits per heavy atom. The Bertz CT molecular complexity index is 700. The van der Waals surface area contributed by atoms with E-state index >= 15 is 0 Å². The van der Waals surface area contributed by atoms with Crippen molar-refractivity contribution in [2.75, 3.05) is 36.0 Å². The highest BCUT2D eigenvalue weighted by molar-refractivity contribution is 5.89. The van der Waals surface area contributed by atoms with E-state index in [4.69, 9.17) is 9.97 Å². The third kappa shape index (κ3) is 2.56. The summed E-state index contributed by atoms with van der Waals surface area (Å²) in [5, 5.41) is 1.20. The van der Waals surface area contributed by atoms with Crippen molar-refractivity contribution in [2.24, 2.45) is 0 Å². The summed E-state index contributed by atoms with van der Waals surface area (Å²) < 4.78 is 2.29. The van der Waals surface area contributed by atoms with E-state index < -0.39 is 0 Å². The minimum Gasteiger partial charge on any atom is -0.356 e. The second-order valence-corrected chi connectivity index (χ2v) is 7.83. The van der Waals surface area contributed by atoms with E-state index in [1.54, 1.807) is 0 Å². The molecule has 2 aliphatic rings. The molecule has 0 atom stereocenters. The third-order valence-electron chi connectivity index (χ3n) is 5.03. The number of hydrogen-bond acceptors (Lipinski definition) is 4. The number of aromatic nitrogens is 3. The second kappa shape index (κ2) is 5.39. The van der Waals surface area contributed by atoms with Gasteiger partial charge in [-0.1, -0.05) is 0 Å². The molecule has 0 saturated carbocycles. The van der Waals surface area contributed by atoms with Gasteiger partial charge >= 0.3 is 0 Å². The van der Waals surface area contributed by atoms with Gasteiger partial charge in [0.25, 0.3) is 0 Å². The third-order valence-corrected chi connectivity index (χ3v) is 5.03. The summed E-state index contributed by atoms with van der Waals surface area (Å²) in [5.41, 5.74) is 1.11. The fourth-order valence-electron chi connectivity index (χ4n) is 3.76. The quantitative estimate of drug-likeness (QED) is 0.852. The van der Waals surface area contributed by atoms with Crippen molar-refractivity contribution in [3.63, 3.8) is 0 Å². The van der Waals surface area contributed by atoms with Gasteiger partial charge in [0.05, 0.1) is 5.39 Å². The van der Waals surface area contributed by atoms with Gasteiger partial charge in [-0.05, 0) is 52.5 Å². The fourth-order valence-corrected chi connectivity index (χ4v) is 3.76. The lowest BCUT2D eigenvalue weighted by Crippen LogP contribution is -2.26. The van der Waals surface area contributed by atoms with Crippen LogP contribution < -0.4 is 9.80 Å². The maximum Gasteiger partial charge on any atom is 0.229 e. The molecule has 0 aromatic carbocycles. The molecular formula is C18H27N5. The van der Waals surface area contributed by atoms with Crippen molar-refractivity contribution in [1.29, 1.82) is 0 Å². The molecule has 5 heteroatoms. The molecule has 0 amide bonds. The predicted molar refractivity (Wildman–Crippen MR) is 95.4 cm³/mol. The molecule has 4 rings (SSSR count). The first-order chi connectivity index (χ1) is 11.0. The molecule has 0 N–H and O–H groups in total. The Kier molecular flexibility index (Phi) is 3.47. The van der Waals surface area contributed by atoms with E-state index in [0.29, 0.717) is 0 Å². The number of hydrogen-bond donors (Lipinski definition) is 0. The van der Waals surface area contributed by atoms with Gasteiger partial charge in [-0.25, -0.2) is 0 Å². The lowest BCUT2D eigenvalue weighted by atomic mass is 10.1. The zero-order valence-corrected chi connectivity index (χ0v) is 14.5. The Morgan fingerprint density at radius 3 is 2.09 bits per heavy atom. The highest BCUT2D eigenvalue weighted by Gasteiger charge is 2.25. The maximum absolute atomic E-state index is 4.99. The predicted octanol–water partition coefficient (Wildman–Crippen LogP) is 3.39. The van der Waals surface area contributed by atoms with Crippen LogP contribution in [-0.2, 0) is 5.54 Å². The molecule has 0 aliphatic carbocycles. The van der Waals surface area contributed by atoms with Crippen LogP contribution in [0.2, 0.25) is 0 Å². The van der Waals surface area contributed by atoms with Crippen LogP contribution in [0.1, 0.15) is 46.5 Å². The Hall–Kier alpha value is -1.78. The average molecular weight is 313 g/mol. The smallest absolute Gasteiger partial charge is 0.229 e. The first-order valence-corrected chi connectivity index (χ1v) is 8.93. The van der Waals surface area contributed by atoms with Gasteiger partial charge in [0.15, 0.2) is 0 Å². The van der Waals surface area contributed by atoms with Gasteiger partial charge in [-0.15, -0.1) is 0 Å². The molecule has 0 bridgehead atoms. The second-order valence-electron chi connectivity index (χ2n) is 7.83. The standard InChI is InChI=1S/C18H27N5/c1-18(2,3)23-13-8-14-15(21-9-4-5-10-21)19-17(20-16(14)23)22-11-6-7-12-22/h8,13H,4-7,9-12H2,1-3H3. The molecule has 0 unspecified atom stereocenters. The minimum atomic E-state index is 0.0284. The van der Waals surface area contributed by atoms with Crippen molar-refractivity contribution in [2.45, 2.75) is 52.0 Å². The van der Waals surface area contributed by atoms with Gasteiger partial charge in [0.2, 0.25) is 5.95 Å². The Balaban J connectivity index is 1.89. The Morgan fingerprint density at radius 1 is 0.870 bits per heavy atom. The van der Waals surface area contributed by atoms with E-state index in [2.05, 4.69) is 47.4 Å². The zero-order valence-electron chi connectivity index (χ0n) is 14.5. The average Bonchev–Trinajstić information content (AvgIpc) is 3.25. The lowest BCUT2D eigenvalue weighted by Gasteiger charge is -2.25. The number of fused-ring (bicyclic) bond motifs is 1. The molecule has 2 aromatic rings. The van der Waals surface area contributed by atoms with Crippen molar-refractivity contribution in [3.8, 4) is 0 Å². The molecule has 124 valence electrons. The van der Waals surface area contributed by atoms with Crippen LogP contribution in [0.25, 0.3) is 11.0 Å². The van der Waals surface area contributed by atoms with Gasteiger partial charge in [-0.2, -0.15) is 9.97 Å². The summed E-state index contributed by atoms with van der Waals surface area (Å²) in [4.78, 5) is 14.7. The van der Waals surface area contributed by atoms with Crippen molar-refractivity contribution in [1.82, 2.24) is 14.5 Å². The number of anilines is 2. The fraction of sp³-hybridized carbons (Fsp3) is 0.667. The van der Waals surface area contributed by atoms with E-state index in [-0.39, 0.29) is 5.54 Å². The van der Waals surface area contributed by atoms with Crippen LogP contribution in [0.5, 0.6) is 0 Å². The molecule has 2 fully saturated rings. The monoisotopic (exact) mass is 313 g/mol. The largest absolute Gasteiger partial charge is 0.356 e. The van der Waals surface area contributed by atoms with Crippen LogP contribution in [0, 0.1) is 0 Å². The first kappa shape index (κ1) is 14.8. The van der Waals surface area contributed by atoms with Crippen LogP contribution in [-0.4, -0.2) is 40.7 Å². The summed E-state index contributed by atoms with van der Waals surface area (Å²) in [5.74, 6) is 2.05. The van der Waals surface area contributed by atoms with Crippen molar-refractivity contribution >= 4 is 22.8 Å². The molecule has 0 spiro atoms. The summed E-state index contributed by atoms with van der Waals surface area (Å²) in [6, 6.07) is 2.20. The highest BCUT2D eigenvalue weighted by Crippen LogP contribution is 2.33. The lowest BCUT2D eigenvalue weighted by molar-refractivity contribution is 0.408. The first-order valence-electron chi connectivity index (χ1n) is 8.93. The summed E-state index contributed by atoms with van der Waals surface area (Å²) in [7, 11) is 0. The molecule has 4 heterocycles. The maximum atomic E-state index is 4.99. The summed E-state index contributed by atoms with van der Waals surface area (Å²) in [6.07, 6.45) is 7.21. The van der Waals surface area contributed by atoms with Gasteiger partial charge in [0.1, 0.15) is 11.5 Å². The molecule has 5 nitrogen and oxygen atoms in total. The van der Waals surface area contributed by atoms with Crippen LogP contribution in [0.15, 0.2) is 12.3 Å². The van der Waals surface area contributed by atoms with Gasteiger partial charge < -0.3 is 14.4 Å². The van der Waals surface area contributed by atoms with E-state index in [1.807, 2.05) is 0 Å².